The van der Waals surface area contributed by atoms with Crippen molar-refractivity contribution in [1.82, 2.24) is 5.32 Å². The third kappa shape index (κ3) is 4.34. The first-order valence-electron chi connectivity index (χ1n) is 8.53. The Kier molecular flexibility index (Phi) is 6.09. The molecule has 2 rings (SSSR count). The van der Waals surface area contributed by atoms with Crippen LogP contribution in [-0.4, -0.2) is 6.54 Å². The summed E-state index contributed by atoms with van der Waals surface area (Å²) in [6.45, 7) is 7.90. The van der Waals surface area contributed by atoms with E-state index in [1.807, 2.05) is 0 Å². The van der Waals surface area contributed by atoms with Gasteiger partial charge in [0.2, 0.25) is 0 Å². The molecule has 20 heavy (non-hydrogen) atoms. The van der Waals surface area contributed by atoms with Gasteiger partial charge < -0.3 is 5.32 Å². The minimum atomic E-state index is 0.562. The Morgan fingerprint density at radius 1 is 1.15 bits per heavy atom. The topological polar surface area (TPSA) is 12.0 Å². The third-order valence-corrected chi connectivity index (χ3v) is 4.50. The molecule has 0 heterocycles. The van der Waals surface area contributed by atoms with Gasteiger partial charge in [0.05, 0.1) is 0 Å². The van der Waals surface area contributed by atoms with Gasteiger partial charge in [-0.25, -0.2) is 0 Å². The van der Waals surface area contributed by atoms with Crippen molar-refractivity contribution in [3.05, 3.63) is 35.4 Å². The molecule has 1 aliphatic rings. The van der Waals surface area contributed by atoms with E-state index in [-0.39, 0.29) is 0 Å². The van der Waals surface area contributed by atoms with Gasteiger partial charge in [-0.2, -0.15) is 0 Å². The van der Waals surface area contributed by atoms with E-state index >= 15 is 0 Å². The number of rotatable bonds is 6. The molecule has 1 fully saturated rings. The van der Waals surface area contributed by atoms with E-state index in [2.05, 4.69) is 50.4 Å². The molecule has 1 saturated carbocycles. The molecule has 0 saturated heterocycles. The van der Waals surface area contributed by atoms with Gasteiger partial charge in [-0.15, -0.1) is 0 Å². The molecule has 112 valence electrons. The zero-order valence-corrected chi connectivity index (χ0v) is 13.5. The molecule has 1 nitrogen and oxygen atoms in total. The fraction of sp³-hybridized carbons (Fsp3) is 0.684. The van der Waals surface area contributed by atoms with E-state index in [0.29, 0.717) is 6.04 Å². The van der Waals surface area contributed by atoms with E-state index in [1.165, 1.54) is 49.7 Å². The van der Waals surface area contributed by atoms with Crippen molar-refractivity contribution >= 4 is 0 Å². The SMILES string of the molecule is CCNC(c1cccc(CC(C)C)c1)C1CCCCC1. The van der Waals surface area contributed by atoms with Crippen molar-refractivity contribution in [1.29, 1.82) is 0 Å². The summed E-state index contributed by atoms with van der Waals surface area (Å²) in [6, 6.07) is 9.87. The second-order valence-electron chi connectivity index (χ2n) is 6.78. The monoisotopic (exact) mass is 273 g/mol. The fourth-order valence-corrected chi connectivity index (χ4v) is 3.63. The maximum absolute atomic E-state index is 3.75. The fourth-order valence-electron chi connectivity index (χ4n) is 3.63. The first-order valence-corrected chi connectivity index (χ1v) is 8.53. The average Bonchev–Trinajstić information content (AvgIpc) is 2.45. The zero-order chi connectivity index (χ0) is 14.4. The molecule has 0 aromatic heterocycles. The Morgan fingerprint density at radius 3 is 2.55 bits per heavy atom. The number of hydrogen-bond donors (Lipinski definition) is 1. The first kappa shape index (κ1) is 15.6. The highest BCUT2D eigenvalue weighted by Crippen LogP contribution is 2.34. The Labute approximate surface area is 125 Å². The number of hydrogen-bond acceptors (Lipinski definition) is 1. The maximum Gasteiger partial charge on any atom is 0.0348 e. The molecule has 1 aromatic rings. The molecule has 0 amide bonds. The highest BCUT2D eigenvalue weighted by Gasteiger charge is 2.24. The van der Waals surface area contributed by atoms with Crippen LogP contribution in [0.3, 0.4) is 0 Å². The smallest absolute Gasteiger partial charge is 0.0348 e. The molecule has 1 atom stereocenters. The molecule has 1 aromatic carbocycles. The van der Waals surface area contributed by atoms with E-state index in [4.69, 9.17) is 0 Å². The molecular weight excluding hydrogens is 242 g/mol. The molecule has 1 heteroatoms. The Balaban J connectivity index is 2.15. The van der Waals surface area contributed by atoms with E-state index < -0.39 is 0 Å². The van der Waals surface area contributed by atoms with E-state index in [1.54, 1.807) is 0 Å². The van der Waals surface area contributed by atoms with Crippen LogP contribution in [0.2, 0.25) is 0 Å². The molecule has 0 spiro atoms. The van der Waals surface area contributed by atoms with Crippen LogP contribution < -0.4 is 5.32 Å². The summed E-state index contributed by atoms with van der Waals surface area (Å²) in [7, 11) is 0. The average molecular weight is 273 g/mol. The second-order valence-corrected chi connectivity index (χ2v) is 6.78. The lowest BCUT2D eigenvalue weighted by molar-refractivity contribution is 0.274. The van der Waals surface area contributed by atoms with Crippen molar-refractivity contribution < 1.29 is 0 Å². The minimum Gasteiger partial charge on any atom is -0.310 e. The van der Waals surface area contributed by atoms with Gasteiger partial charge in [0, 0.05) is 6.04 Å². The highest BCUT2D eigenvalue weighted by atomic mass is 14.9. The lowest BCUT2D eigenvalue weighted by Crippen LogP contribution is -2.29. The van der Waals surface area contributed by atoms with Crippen molar-refractivity contribution in [3.63, 3.8) is 0 Å². The summed E-state index contributed by atoms with van der Waals surface area (Å²) in [5.41, 5.74) is 3.01. The molecule has 0 bridgehead atoms. The second kappa shape index (κ2) is 7.83. The van der Waals surface area contributed by atoms with Crippen LogP contribution in [0.25, 0.3) is 0 Å². The summed E-state index contributed by atoms with van der Waals surface area (Å²) >= 11 is 0. The maximum atomic E-state index is 3.75. The van der Waals surface area contributed by atoms with Crippen LogP contribution in [0, 0.1) is 11.8 Å². The first-order chi connectivity index (χ1) is 9.70. The van der Waals surface area contributed by atoms with E-state index in [0.717, 1.165) is 18.4 Å². The predicted octanol–water partition coefficient (Wildman–Crippen LogP) is 5.12. The summed E-state index contributed by atoms with van der Waals surface area (Å²) in [4.78, 5) is 0. The van der Waals surface area contributed by atoms with E-state index in [9.17, 15) is 0 Å². The van der Waals surface area contributed by atoms with Crippen LogP contribution in [-0.2, 0) is 6.42 Å². The standard InChI is InChI=1S/C19H31N/c1-4-20-19(17-10-6-5-7-11-17)18-12-8-9-16(14-18)13-15(2)3/h8-9,12,14-15,17,19-20H,4-7,10-11,13H2,1-3H3. The normalized spacial score (nSPS) is 18.4. The van der Waals surface area contributed by atoms with Crippen molar-refractivity contribution in [2.45, 2.75) is 65.3 Å². The number of benzene rings is 1. The van der Waals surface area contributed by atoms with Crippen LogP contribution in [0.4, 0.5) is 0 Å². The quantitative estimate of drug-likeness (QED) is 0.759. The minimum absolute atomic E-state index is 0.562. The Bertz CT molecular complexity index is 391. The van der Waals surface area contributed by atoms with Crippen LogP contribution >= 0.6 is 0 Å². The molecule has 0 radical (unpaired) electrons. The summed E-state index contributed by atoms with van der Waals surface area (Å²) in [5.74, 6) is 1.57. The van der Waals surface area contributed by atoms with Gasteiger partial charge in [-0.3, -0.25) is 0 Å². The summed E-state index contributed by atoms with van der Waals surface area (Å²) in [5, 5.41) is 3.75. The highest BCUT2D eigenvalue weighted by molar-refractivity contribution is 5.27. The van der Waals surface area contributed by atoms with Crippen LogP contribution in [0.15, 0.2) is 24.3 Å². The van der Waals surface area contributed by atoms with Gasteiger partial charge in [0.1, 0.15) is 0 Å². The summed E-state index contributed by atoms with van der Waals surface area (Å²) in [6.07, 6.45) is 8.24. The third-order valence-electron chi connectivity index (χ3n) is 4.50. The molecule has 1 unspecified atom stereocenters. The Morgan fingerprint density at radius 2 is 1.90 bits per heavy atom. The van der Waals surface area contributed by atoms with Crippen molar-refractivity contribution in [2.75, 3.05) is 6.54 Å². The van der Waals surface area contributed by atoms with Gasteiger partial charge in [-0.05, 0) is 48.8 Å². The van der Waals surface area contributed by atoms with Crippen molar-refractivity contribution in [3.8, 4) is 0 Å². The zero-order valence-electron chi connectivity index (χ0n) is 13.5. The lowest BCUT2D eigenvalue weighted by atomic mass is 9.80. The van der Waals surface area contributed by atoms with Gasteiger partial charge in [0.25, 0.3) is 0 Å². The van der Waals surface area contributed by atoms with Crippen LogP contribution in [0.1, 0.15) is 70.0 Å². The number of nitrogens with one attached hydrogen (secondary N) is 1. The van der Waals surface area contributed by atoms with Gasteiger partial charge in [-0.1, -0.05) is 64.3 Å². The van der Waals surface area contributed by atoms with Gasteiger partial charge in [0.15, 0.2) is 0 Å². The molecular formula is C19H31N. The largest absolute Gasteiger partial charge is 0.310 e. The molecule has 0 aliphatic heterocycles. The summed E-state index contributed by atoms with van der Waals surface area (Å²) < 4.78 is 0. The molecule has 1 N–H and O–H groups in total. The Hall–Kier alpha value is -0.820. The lowest BCUT2D eigenvalue weighted by Gasteiger charge is -2.31. The van der Waals surface area contributed by atoms with Crippen LogP contribution in [0.5, 0.6) is 0 Å². The van der Waals surface area contributed by atoms with Crippen molar-refractivity contribution in [2.24, 2.45) is 11.8 Å². The predicted molar refractivity (Wildman–Crippen MR) is 88.0 cm³/mol. The van der Waals surface area contributed by atoms with Gasteiger partial charge >= 0.3 is 0 Å². The molecule has 1 aliphatic carbocycles.